The number of carboxylic acids is 1. The fraction of sp³-hybridized carbons (Fsp3) is 0.353. The van der Waals surface area contributed by atoms with Gasteiger partial charge in [0, 0.05) is 12.8 Å². The molecule has 2 heterocycles. The van der Waals surface area contributed by atoms with Gasteiger partial charge in [0.15, 0.2) is 0 Å². The Morgan fingerprint density at radius 2 is 1.96 bits per heavy atom. The molecule has 0 bridgehead atoms. The third-order valence-corrected chi connectivity index (χ3v) is 4.39. The molecule has 25 heavy (non-hydrogen) atoms. The normalized spacial score (nSPS) is 19.8. The monoisotopic (exact) mass is 344 g/mol. The first-order chi connectivity index (χ1) is 11.9. The molecule has 0 radical (unpaired) electrons. The van der Waals surface area contributed by atoms with E-state index >= 15 is 0 Å². The highest BCUT2D eigenvalue weighted by Crippen LogP contribution is 2.30. The van der Waals surface area contributed by atoms with Crippen molar-refractivity contribution < 1.29 is 29.1 Å². The van der Waals surface area contributed by atoms with Gasteiger partial charge < -0.3 is 5.11 Å². The van der Waals surface area contributed by atoms with Crippen molar-refractivity contribution in [2.45, 2.75) is 38.1 Å². The summed E-state index contributed by atoms with van der Waals surface area (Å²) in [5.74, 6) is -3.14. The van der Waals surface area contributed by atoms with E-state index in [9.17, 15) is 24.0 Å². The minimum atomic E-state index is -1.00. The number of carbonyl (C=O) groups is 5. The number of imide groups is 2. The average Bonchev–Trinajstić information content (AvgIpc) is 2.80. The molecule has 8 heteroatoms. The van der Waals surface area contributed by atoms with Crippen molar-refractivity contribution in [1.82, 2.24) is 10.2 Å². The molecule has 8 nitrogen and oxygen atoms in total. The number of amides is 4. The predicted molar refractivity (Wildman–Crippen MR) is 83.7 cm³/mol. The lowest BCUT2D eigenvalue weighted by Crippen LogP contribution is -2.54. The van der Waals surface area contributed by atoms with Crippen molar-refractivity contribution >= 4 is 29.6 Å². The van der Waals surface area contributed by atoms with Crippen LogP contribution in [0.4, 0.5) is 0 Å². The summed E-state index contributed by atoms with van der Waals surface area (Å²) in [6, 6.07) is 3.83. The van der Waals surface area contributed by atoms with Crippen LogP contribution in [-0.2, 0) is 20.8 Å². The largest absolute Gasteiger partial charge is 0.481 e. The molecule has 4 amide bonds. The van der Waals surface area contributed by atoms with E-state index in [1.165, 1.54) is 6.07 Å². The average molecular weight is 344 g/mol. The summed E-state index contributed by atoms with van der Waals surface area (Å²) in [6.07, 6.45) is 0.811. The van der Waals surface area contributed by atoms with E-state index in [1.807, 2.05) is 0 Å². The minimum absolute atomic E-state index is 0.0390. The Hall–Kier alpha value is -3.03. The zero-order valence-electron chi connectivity index (χ0n) is 13.3. The molecule has 1 saturated heterocycles. The Balaban J connectivity index is 1.87. The SMILES string of the molecule is O=C(O)CCCc1cccc2c1C(=O)N(C1CCC(=O)NC1=O)C2=O. The van der Waals surface area contributed by atoms with Gasteiger partial charge in [-0.3, -0.25) is 34.2 Å². The molecule has 1 fully saturated rings. The zero-order valence-corrected chi connectivity index (χ0v) is 13.3. The summed E-state index contributed by atoms with van der Waals surface area (Å²) in [5.41, 5.74) is 1.03. The Kier molecular flexibility index (Phi) is 4.35. The third-order valence-electron chi connectivity index (χ3n) is 4.39. The number of nitrogens with zero attached hydrogens (tertiary/aromatic N) is 1. The molecule has 2 aliphatic rings. The molecule has 1 aromatic rings. The Morgan fingerprint density at radius 1 is 1.20 bits per heavy atom. The van der Waals surface area contributed by atoms with Crippen LogP contribution < -0.4 is 5.32 Å². The van der Waals surface area contributed by atoms with E-state index in [1.54, 1.807) is 12.1 Å². The van der Waals surface area contributed by atoms with Gasteiger partial charge >= 0.3 is 5.97 Å². The minimum Gasteiger partial charge on any atom is -0.481 e. The first kappa shape index (κ1) is 16.8. The summed E-state index contributed by atoms with van der Waals surface area (Å²) in [6.45, 7) is 0. The maximum absolute atomic E-state index is 12.8. The second-order valence-corrected chi connectivity index (χ2v) is 6.03. The zero-order chi connectivity index (χ0) is 18.1. The second kappa shape index (κ2) is 6.46. The smallest absolute Gasteiger partial charge is 0.303 e. The Morgan fingerprint density at radius 3 is 2.64 bits per heavy atom. The number of piperidine rings is 1. The Bertz CT molecular complexity index is 800. The van der Waals surface area contributed by atoms with Crippen LogP contribution in [0.25, 0.3) is 0 Å². The first-order valence-electron chi connectivity index (χ1n) is 7.95. The van der Waals surface area contributed by atoms with Crippen molar-refractivity contribution in [3.05, 3.63) is 34.9 Å². The summed E-state index contributed by atoms with van der Waals surface area (Å²) in [4.78, 5) is 60.3. The number of rotatable bonds is 5. The van der Waals surface area contributed by atoms with E-state index in [4.69, 9.17) is 5.11 Å². The number of hydrogen-bond donors (Lipinski definition) is 2. The number of fused-ring (bicyclic) bond motifs is 1. The van der Waals surface area contributed by atoms with Gasteiger partial charge in [0.05, 0.1) is 11.1 Å². The number of carbonyl (C=O) groups excluding carboxylic acids is 4. The van der Waals surface area contributed by atoms with Gasteiger partial charge in [-0.25, -0.2) is 0 Å². The molecule has 130 valence electrons. The number of aliphatic carboxylic acids is 1. The third kappa shape index (κ3) is 3.02. The van der Waals surface area contributed by atoms with Crippen molar-refractivity contribution in [2.75, 3.05) is 0 Å². The number of aryl methyl sites for hydroxylation is 1. The topological polar surface area (TPSA) is 121 Å². The number of carboxylic acid groups (broad SMARTS) is 1. The van der Waals surface area contributed by atoms with Gasteiger partial charge in [0.2, 0.25) is 11.8 Å². The van der Waals surface area contributed by atoms with Crippen molar-refractivity contribution in [2.24, 2.45) is 0 Å². The standard InChI is InChI=1S/C17H16N2O6/c20-12-8-7-11(15(23)18-12)19-16(24)10-5-1-3-9(14(10)17(19)25)4-2-6-13(21)22/h1,3,5,11H,2,4,6-8H2,(H,21,22)(H,18,20,23). The predicted octanol–water partition coefficient (Wildman–Crippen LogP) is 0.495. The molecule has 1 unspecified atom stereocenters. The summed E-state index contributed by atoms with van der Waals surface area (Å²) < 4.78 is 0. The van der Waals surface area contributed by atoms with Crippen LogP contribution in [0.3, 0.4) is 0 Å². The lowest BCUT2D eigenvalue weighted by atomic mass is 9.98. The van der Waals surface area contributed by atoms with Crippen molar-refractivity contribution in [1.29, 1.82) is 0 Å². The van der Waals surface area contributed by atoms with Crippen LogP contribution in [0.5, 0.6) is 0 Å². The number of benzene rings is 1. The molecule has 1 atom stereocenters. The van der Waals surface area contributed by atoms with E-state index in [-0.39, 0.29) is 30.4 Å². The van der Waals surface area contributed by atoms with Crippen molar-refractivity contribution in [3.63, 3.8) is 0 Å². The van der Waals surface area contributed by atoms with Gasteiger partial charge in [0.1, 0.15) is 6.04 Å². The fourth-order valence-corrected chi connectivity index (χ4v) is 3.22. The summed E-state index contributed by atoms with van der Waals surface area (Å²) >= 11 is 0. The summed E-state index contributed by atoms with van der Waals surface area (Å²) in [5, 5.41) is 10.9. The van der Waals surface area contributed by atoms with E-state index in [0.717, 1.165) is 4.90 Å². The molecule has 0 spiro atoms. The fourth-order valence-electron chi connectivity index (χ4n) is 3.22. The van der Waals surface area contributed by atoms with E-state index < -0.39 is 35.6 Å². The maximum atomic E-state index is 12.8. The van der Waals surface area contributed by atoms with Gasteiger partial charge in [-0.05, 0) is 30.9 Å². The molecule has 1 aromatic carbocycles. The highest BCUT2D eigenvalue weighted by molar-refractivity contribution is 6.24. The molecular formula is C17H16N2O6. The van der Waals surface area contributed by atoms with Gasteiger partial charge in [-0.1, -0.05) is 12.1 Å². The molecule has 0 aliphatic carbocycles. The van der Waals surface area contributed by atoms with Crippen LogP contribution >= 0.6 is 0 Å². The molecular weight excluding hydrogens is 328 g/mol. The van der Waals surface area contributed by atoms with E-state index in [0.29, 0.717) is 18.4 Å². The quantitative estimate of drug-likeness (QED) is 0.750. The lowest BCUT2D eigenvalue weighted by Gasteiger charge is -2.27. The van der Waals surface area contributed by atoms with Gasteiger partial charge in [-0.2, -0.15) is 0 Å². The van der Waals surface area contributed by atoms with E-state index in [2.05, 4.69) is 5.32 Å². The van der Waals surface area contributed by atoms with Gasteiger partial charge in [0.25, 0.3) is 11.8 Å². The molecule has 3 rings (SSSR count). The highest BCUT2D eigenvalue weighted by Gasteiger charge is 2.45. The second-order valence-electron chi connectivity index (χ2n) is 6.03. The van der Waals surface area contributed by atoms with Gasteiger partial charge in [-0.15, -0.1) is 0 Å². The molecule has 0 saturated carbocycles. The first-order valence-corrected chi connectivity index (χ1v) is 7.95. The van der Waals surface area contributed by atoms with Crippen LogP contribution in [0, 0.1) is 0 Å². The molecule has 0 aromatic heterocycles. The van der Waals surface area contributed by atoms with Crippen molar-refractivity contribution in [3.8, 4) is 0 Å². The molecule has 2 aliphatic heterocycles. The van der Waals surface area contributed by atoms with Crippen LogP contribution in [-0.4, -0.2) is 45.6 Å². The highest BCUT2D eigenvalue weighted by atomic mass is 16.4. The van der Waals surface area contributed by atoms with Crippen LogP contribution in [0.1, 0.15) is 52.0 Å². The number of hydrogen-bond acceptors (Lipinski definition) is 5. The number of nitrogens with one attached hydrogen (secondary N) is 1. The van der Waals surface area contributed by atoms with Crippen LogP contribution in [0.15, 0.2) is 18.2 Å². The lowest BCUT2D eigenvalue weighted by molar-refractivity contribution is -0.138. The maximum Gasteiger partial charge on any atom is 0.303 e. The summed E-state index contributed by atoms with van der Waals surface area (Å²) in [7, 11) is 0. The Labute approximate surface area is 142 Å². The molecule has 2 N–H and O–H groups in total. The van der Waals surface area contributed by atoms with Crippen LogP contribution in [0.2, 0.25) is 0 Å².